The van der Waals surface area contributed by atoms with E-state index in [-0.39, 0.29) is 0 Å². The second kappa shape index (κ2) is 7.33. The van der Waals surface area contributed by atoms with Gasteiger partial charge < -0.3 is 11.1 Å². The van der Waals surface area contributed by atoms with Crippen molar-refractivity contribution in [3.63, 3.8) is 0 Å². The van der Waals surface area contributed by atoms with E-state index >= 15 is 0 Å². The number of nitrogen functional groups attached to an aromatic ring is 1. The fraction of sp³-hybridized carbons (Fsp3) is 0.600. The van der Waals surface area contributed by atoms with Crippen LogP contribution in [0.5, 0.6) is 0 Å². The van der Waals surface area contributed by atoms with Crippen LogP contribution in [0.3, 0.4) is 0 Å². The number of nitrogens with one attached hydrogen (secondary N) is 1. The van der Waals surface area contributed by atoms with Gasteiger partial charge in [-0.3, -0.25) is 0 Å². The van der Waals surface area contributed by atoms with E-state index in [2.05, 4.69) is 38.2 Å². The Balaban J connectivity index is 2.16. The van der Waals surface area contributed by atoms with Gasteiger partial charge in [-0.25, -0.2) is 0 Å². The highest BCUT2D eigenvalue weighted by atomic mass is 14.8. The molecule has 0 saturated heterocycles. The molecule has 0 aliphatic rings. The van der Waals surface area contributed by atoms with Gasteiger partial charge in [0, 0.05) is 12.2 Å². The highest BCUT2D eigenvalue weighted by molar-refractivity contribution is 5.47. The molecule has 2 heteroatoms. The van der Waals surface area contributed by atoms with Gasteiger partial charge in [0.25, 0.3) is 0 Å². The van der Waals surface area contributed by atoms with Crippen molar-refractivity contribution in [3.8, 4) is 0 Å². The molecule has 1 aromatic rings. The van der Waals surface area contributed by atoms with Crippen molar-refractivity contribution < 1.29 is 0 Å². The molecule has 1 aromatic carbocycles. The summed E-state index contributed by atoms with van der Waals surface area (Å²) in [4.78, 5) is 0. The number of benzene rings is 1. The minimum absolute atomic E-state index is 0.828. The standard InChI is InChI=1S/C15H26N2/c1-12(2)6-4-5-9-17-11-14-7-8-15(16)13(3)10-14/h7-8,10,12,17H,4-6,9,11,16H2,1-3H3. The molecule has 0 spiro atoms. The van der Waals surface area contributed by atoms with Gasteiger partial charge in [0.1, 0.15) is 0 Å². The Hall–Kier alpha value is -1.02. The van der Waals surface area contributed by atoms with Gasteiger partial charge in [-0.1, -0.05) is 38.8 Å². The van der Waals surface area contributed by atoms with E-state index < -0.39 is 0 Å². The zero-order valence-corrected chi connectivity index (χ0v) is 11.4. The second-order valence-electron chi connectivity index (χ2n) is 5.26. The lowest BCUT2D eigenvalue weighted by Gasteiger charge is -2.08. The van der Waals surface area contributed by atoms with Crippen LogP contribution in [0.15, 0.2) is 18.2 Å². The second-order valence-corrected chi connectivity index (χ2v) is 5.26. The van der Waals surface area contributed by atoms with Crippen molar-refractivity contribution >= 4 is 5.69 Å². The Morgan fingerprint density at radius 1 is 1.24 bits per heavy atom. The number of rotatable bonds is 7. The molecule has 0 radical (unpaired) electrons. The van der Waals surface area contributed by atoms with E-state index in [0.717, 1.165) is 24.7 Å². The van der Waals surface area contributed by atoms with Crippen molar-refractivity contribution in [2.75, 3.05) is 12.3 Å². The van der Waals surface area contributed by atoms with Crippen molar-refractivity contribution in [1.82, 2.24) is 5.32 Å². The Kier molecular flexibility index (Phi) is 6.06. The number of anilines is 1. The van der Waals surface area contributed by atoms with E-state index in [1.165, 1.54) is 30.4 Å². The lowest BCUT2D eigenvalue weighted by Crippen LogP contribution is -2.15. The largest absolute Gasteiger partial charge is 0.399 e. The van der Waals surface area contributed by atoms with Crippen LogP contribution in [0.1, 0.15) is 44.2 Å². The molecule has 0 saturated carbocycles. The van der Waals surface area contributed by atoms with Crippen molar-refractivity contribution in [2.24, 2.45) is 5.92 Å². The molecule has 17 heavy (non-hydrogen) atoms. The Labute approximate surface area is 106 Å². The summed E-state index contributed by atoms with van der Waals surface area (Å²) < 4.78 is 0. The molecule has 0 aromatic heterocycles. The van der Waals surface area contributed by atoms with E-state index in [4.69, 9.17) is 5.73 Å². The van der Waals surface area contributed by atoms with Gasteiger partial charge >= 0.3 is 0 Å². The molecule has 1 rings (SSSR count). The lowest BCUT2D eigenvalue weighted by molar-refractivity contribution is 0.520. The third-order valence-corrected chi connectivity index (χ3v) is 3.05. The summed E-state index contributed by atoms with van der Waals surface area (Å²) in [5.41, 5.74) is 9.16. The summed E-state index contributed by atoms with van der Waals surface area (Å²) in [5.74, 6) is 0.828. The average Bonchev–Trinajstić information content (AvgIpc) is 2.27. The summed E-state index contributed by atoms with van der Waals surface area (Å²) in [7, 11) is 0. The Morgan fingerprint density at radius 2 is 2.00 bits per heavy atom. The summed E-state index contributed by atoms with van der Waals surface area (Å²) >= 11 is 0. The van der Waals surface area contributed by atoms with Gasteiger partial charge in [-0.05, 0) is 43.0 Å². The van der Waals surface area contributed by atoms with Crippen LogP contribution < -0.4 is 11.1 Å². The molecule has 0 fully saturated rings. The van der Waals surface area contributed by atoms with E-state index in [9.17, 15) is 0 Å². The fourth-order valence-electron chi connectivity index (χ4n) is 1.88. The molecule has 0 aliphatic carbocycles. The molecule has 0 atom stereocenters. The average molecular weight is 234 g/mol. The molecule has 0 amide bonds. The van der Waals surface area contributed by atoms with Gasteiger partial charge in [-0.15, -0.1) is 0 Å². The first-order valence-electron chi connectivity index (χ1n) is 6.65. The summed E-state index contributed by atoms with van der Waals surface area (Å²) in [6.45, 7) is 8.68. The molecule has 0 heterocycles. The van der Waals surface area contributed by atoms with E-state index in [1.54, 1.807) is 0 Å². The highest BCUT2D eigenvalue weighted by Gasteiger charge is 1.97. The summed E-state index contributed by atoms with van der Waals surface area (Å²) in [5, 5.41) is 3.48. The van der Waals surface area contributed by atoms with E-state index in [1.807, 2.05) is 6.07 Å². The molecular formula is C15H26N2. The maximum atomic E-state index is 5.79. The first-order chi connectivity index (χ1) is 8.09. The monoisotopic (exact) mass is 234 g/mol. The molecule has 3 N–H and O–H groups in total. The predicted octanol–water partition coefficient (Wildman–Crippen LogP) is 3.49. The van der Waals surface area contributed by atoms with Gasteiger partial charge in [0.15, 0.2) is 0 Å². The van der Waals surface area contributed by atoms with Crippen LogP contribution >= 0.6 is 0 Å². The topological polar surface area (TPSA) is 38.0 Å². The summed E-state index contributed by atoms with van der Waals surface area (Å²) in [6, 6.07) is 6.25. The number of hydrogen-bond acceptors (Lipinski definition) is 2. The number of nitrogens with two attached hydrogens (primary N) is 1. The van der Waals surface area contributed by atoms with Gasteiger partial charge in [0.2, 0.25) is 0 Å². The Bertz CT molecular complexity index is 332. The highest BCUT2D eigenvalue weighted by Crippen LogP contribution is 2.12. The molecule has 0 bridgehead atoms. The van der Waals surface area contributed by atoms with Crippen LogP contribution in [0.25, 0.3) is 0 Å². The molecule has 0 unspecified atom stereocenters. The first kappa shape index (κ1) is 14.0. The molecule has 0 aliphatic heterocycles. The van der Waals surface area contributed by atoms with Crippen LogP contribution in [-0.4, -0.2) is 6.54 Å². The normalized spacial score (nSPS) is 11.1. The van der Waals surface area contributed by atoms with Crippen molar-refractivity contribution in [2.45, 2.75) is 46.6 Å². The minimum atomic E-state index is 0.828. The van der Waals surface area contributed by atoms with Crippen LogP contribution in [0.2, 0.25) is 0 Å². The zero-order chi connectivity index (χ0) is 12.7. The van der Waals surface area contributed by atoms with Gasteiger partial charge in [-0.2, -0.15) is 0 Å². The first-order valence-corrected chi connectivity index (χ1v) is 6.65. The van der Waals surface area contributed by atoms with Crippen molar-refractivity contribution in [1.29, 1.82) is 0 Å². The minimum Gasteiger partial charge on any atom is -0.399 e. The van der Waals surface area contributed by atoms with Crippen LogP contribution in [0.4, 0.5) is 5.69 Å². The number of aryl methyl sites for hydroxylation is 1. The lowest BCUT2D eigenvalue weighted by atomic mass is 10.1. The zero-order valence-electron chi connectivity index (χ0n) is 11.4. The summed E-state index contributed by atoms with van der Waals surface area (Å²) in [6.07, 6.45) is 3.93. The van der Waals surface area contributed by atoms with Crippen molar-refractivity contribution in [3.05, 3.63) is 29.3 Å². The molecule has 96 valence electrons. The maximum Gasteiger partial charge on any atom is 0.0343 e. The molecule has 2 nitrogen and oxygen atoms in total. The van der Waals surface area contributed by atoms with Crippen LogP contribution in [0, 0.1) is 12.8 Å². The fourth-order valence-corrected chi connectivity index (χ4v) is 1.88. The Morgan fingerprint density at radius 3 is 2.65 bits per heavy atom. The third-order valence-electron chi connectivity index (χ3n) is 3.05. The predicted molar refractivity (Wildman–Crippen MR) is 76.0 cm³/mol. The number of hydrogen-bond donors (Lipinski definition) is 2. The van der Waals surface area contributed by atoms with Gasteiger partial charge in [0.05, 0.1) is 0 Å². The van der Waals surface area contributed by atoms with E-state index in [0.29, 0.717) is 0 Å². The molecular weight excluding hydrogens is 208 g/mol. The van der Waals surface area contributed by atoms with Crippen LogP contribution in [-0.2, 0) is 6.54 Å². The maximum absolute atomic E-state index is 5.79. The number of unbranched alkanes of at least 4 members (excludes halogenated alkanes) is 1. The third kappa shape index (κ3) is 5.73. The SMILES string of the molecule is Cc1cc(CNCCCCC(C)C)ccc1N. The quantitative estimate of drug-likeness (QED) is 0.560. The smallest absolute Gasteiger partial charge is 0.0343 e.